The Morgan fingerprint density at radius 1 is 1.18 bits per heavy atom. The van der Waals surface area contributed by atoms with Gasteiger partial charge in [0.1, 0.15) is 5.82 Å². The Hall–Kier alpha value is -2.28. The molecule has 0 saturated carbocycles. The van der Waals surface area contributed by atoms with Crippen LogP contribution in [0.2, 0.25) is 0 Å². The second kappa shape index (κ2) is 6.65. The van der Waals surface area contributed by atoms with Gasteiger partial charge in [-0.25, -0.2) is 17.8 Å². The van der Waals surface area contributed by atoms with Crippen LogP contribution in [0.5, 0.6) is 0 Å². The maximum absolute atomic E-state index is 12.8. The average molecular weight is 322 g/mol. The standard InChI is InChI=1S/C15H15FN2O3S/c1-22(20,21)15-9-7-13(10-17-15)18-14(19)8-4-11-2-5-12(16)6-3-11/h2-3,5-7,9-10H,4,8H2,1H3,(H,18,19). The lowest BCUT2D eigenvalue weighted by Crippen LogP contribution is -2.13. The Morgan fingerprint density at radius 2 is 1.86 bits per heavy atom. The van der Waals surface area contributed by atoms with Gasteiger partial charge < -0.3 is 5.32 Å². The zero-order chi connectivity index (χ0) is 16.2. The summed E-state index contributed by atoms with van der Waals surface area (Å²) in [4.78, 5) is 15.6. The minimum atomic E-state index is -3.35. The highest BCUT2D eigenvalue weighted by atomic mass is 32.2. The number of rotatable bonds is 5. The number of pyridine rings is 1. The van der Waals surface area contributed by atoms with E-state index in [0.717, 1.165) is 11.8 Å². The van der Waals surface area contributed by atoms with E-state index in [9.17, 15) is 17.6 Å². The van der Waals surface area contributed by atoms with E-state index in [1.54, 1.807) is 12.1 Å². The van der Waals surface area contributed by atoms with Gasteiger partial charge in [0.05, 0.1) is 11.9 Å². The van der Waals surface area contributed by atoms with Crippen LogP contribution in [0.15, 0.2) is 47.6 Å². The van der Waals surface area contributed by atoms with Crippen LogP contribution in [-0.2, 0) is 21.1 Å². The quantitative estimate of drug-likeness (QED) is 0.915. The molecule has 0 aliphatic heterocycles. The Balaban J connectivity index is 1.90. The lowest BCUT2D eigenvalue weighted by molar-refractivity contribution is -0.116. The van der Waals surface area contributed by atoms with Gasteiger partial charge in [0.25, 0.3) is 0 Å². The van der Waals surface area contributed by atoms with E-state index >= 15 is 0 Å². The molecule has 2 rings (SSSR count). The van der Waals surface area contributed by atoms with E-state index < -0.39 is 9.84 Å². The van der Waals surface area contributed by atoms with Gasteiger partial charge in [0.15, 0.2) is 14.9 Å². The molecule has 0 aliphatic carbocycles. The molecule has 1 amide bonds. The van der Waals surface area contributed by atoms with Gasteiger partial charge in [-0.05, 0) is 36.2 Å². The summed E-state index contributed by atoms with van der Waals surface area (Å²) < 4.78 is 35.3. The summed E-state index contributed by atoms with van der Waals surface area (Å²) in [5.74, 6) is -0.538. The molecule has 1 N–H and O–H groups in total. The van der Waals surface area contributed by atoms with Crippen molar-refractivity contribution in [3.63, 3.8) is 0 Å². The number of sulfone groups is 1. The molecular weight excluding hydrogens is 307 g/mol. The first-order valence-electron chi connectivity index (χ1n) is 6.55. The van der Waals surface area contributed by atoms with Crippen molar-refractivity contribution >= 4 is 21.4 Å². The highest BCUT2D eigenvalue weighted by Gasteiger charge is 2.09. The monoisotopic (exact) mass is 322 g/mol. The topological polar surface area (TPSA) is 76.1 Å². The fourth-order valence-corrected chi connectivity index (χ4v) is 2.37. The lowest BCUT2D eigenvalue weighted by Gasteiger charge is -2.06. The smallest absolute Gasteiger partial charge is 0.224 e. The van der Waals surface area contributed by atoms with E-state index in [1.165, 1.54) is 30.5 Å². The maximum Gasteiger partial charge on any atom is 0.224 e. The largest absolute Gasteiger partial charge is 0.325 e. The summed E-state index contributed by atoms with van der Waals surface area (Å²) in [6.45, 7) is 0. The molecule has 2 aromatic rings. The molecular formula is C15H15FN2O3S. The van der Waals surface area contributed by atoms with Crippen molar-refractivity contribution in [2.75, 3.05) is 11.6 Å². The van der Waals surface area contributed by atoms with E-state index in [1.807, 2.05) is 0 Å². The number of nitrogens with zero attached hydrogens (tertiary/aromatic N) is 1. The maximum atomic E-state index is 12.8. The van der Waals surface area contributed by atoms with E-state index in [2.05, 4.69) is 10.3 Å². The van der Waals surface area contributed by atoms with Gasteiger partial charge in [-0.1, -0.05) is 12.1 Å². The summed E-state index contributed by atoms with van der Waals surface area (Å²) in [7, 11) is -3.35. The number of halogens is 1. The first kappa shape index (κ1) is 16.1. The van der Waals surface area contributed by atoms with Crippen molar-refractivity contribution in [2.45, 2.75) is 17.9 Å². The molecule has 0 unspecified atom stereocenters. The van der Waals surface area contributed by atoms with Crippen LogP contribution in [0.3, 0.4) is 0 Å². The van der Waals surface area contributed by atoms with Crippen molar-refractivity contribution < 1.29 is 17.6 Å². The second-order valence-electron chi connectivity index (χ2n) is 4.83. The van der Waals surface area contributed by atoms with Gasteiger partial charge in [-0.15, -0.1) is 0 Å². The predicted molar refractivity (Wildman–Crippen MR) is 80.7 cm³/mol. The van der Waals surface area contributed by atoms with Crippen LogP contribution in [-0.4, -0.2) is 25.6 Å². The molecule has 0 atom stereocenters. The minimum Gasteiger partial charge on any atom is -0.325 e. The Labute approximate surface area is 128 Å². The van der Waals surface area contributed by atoms with Crippen molar-refractivity contribution in [3.8, 4) is 0 Å². The third kappa shape index (κ3) is 4.63. The zero-order valence-corrected chi connectivity index (χ0v) is 12.7. The van der Waals surface area contributed by atoms with Gasteiger partial charge in [0.2, 0.25) is 5.91 Å². The van der Waals surface area contributed by atoms with Gasteiger partial charge in [-0.2, -0.15) is 0 Å². The number of carbonyl (C=O) groups is 1. The number of aryl methyl sites for hydroxylation is 1. The van der Waals surface area contributed by atoms with Crippen LogP contribution >= 0.6 is 0 Å². The molecule has 0 aliphatic rings. The number of hydrogen-bond acceptors (Lipinski definition) is 4. The molecule has 1 aromatic carbocycles. The third-order valence-electron chi connectivity index (χ3n) is 2.95. The molecule has 0 spiro atoms. The fourth-order valence-electron chi connectivity index (χ4n) is 1.81. The third-order valence-corrected chi connectivity index (χ3v) is 3.96. The molecule has 116 valence electrons. The number of carbonyl (C=O) groups excluding carboxylic acids is 1. The number of nitrogens with one attached hydrogen (secondary N) is 1. The first-order chi connectivity index (χ1) is 10.3. The van der Waals surface area contributed by atoms with Crippen LogP contribution in [0.4, 0.5) is 10.1 Å². The molecule has 0 saturated heterocycles. The summed E-state index contributed by atoms with van der Waals surface area (Å²) in [6, 6.07) is 8.78. The predicted octanol–water partition coefficient (Wildman–Crippen LogP) is 2.20. The molecule has 7 heteroatoms. The second-order valence-corrected chi connectivity index (χ2v) is 6.79. The van der Waals surface area contributed by atoms with Crippen LogP contribution < -0.4 is 5.32 Å². The summed E-state index contributed by atoms with van der Waals surface area (Å²) >= 11 is 0. The highest BCUT2D eigenvalue weighted by Crippen LogP contribution is 2.11. The van der Waals surface area contributed by atoms with Gasteiger partial charge in [-0.3, -0.25) is 4.79 Å². The minimum absolute atomic E-state index is 0.0446. The van der Waals surface area contributed by atoms with Crippen molar-refractivity contribution in [1.29, 1.82) is 0 Å². The molecule has 1 aromatic heterocycles. The number of benzene rings is 1. The Morgan fingerprint density at radius 3 is 2.41 bits per heavy atom. The molecule has 1 heterocycles. The summed E-state index contributed by atoms with van der Waals surface area (Å²) in [5.41, 5.74) is 1.29. The van der Waals surface area contributed by atoms with Gasteiger partial charge >= 0.3 is 0 Å². The van der Waals surface area contributed by atoms with Crippen molar-refractivity contribution in [3.05, 3.63) is 54.0 Å². The molecule has 0 radical (unpaired) electrons. The number of hydrogen-bond donors (Lipinski definition) is 1. The Kier molecular flexibility index (Phi) is 4.87. The summed E-state index contributed by atoms with van der Waals surface area (Å²) in [5, 5.41) is 2.59. The average Bonchev–Trinajstić information content (AvgIpc) is 2.46. The van der Waals surface area contributed by atoms with Crippen molar-refractivity contribution in [2.24, 2.45) is 0 Å². The van der Waals surface area contributed by atoms with Crippen LogP contribution in [0.1, 0.15) is 12.0 Å². The number of amides is 1. The zero-order valence-electron chi connectivity index (χ0n) is 11.9. The fraction of sp³-hybridized carbons (Fsp3) is 0.200. The number of aromatic nitrogens is 1. The van der Waals surface area contributed by atoms with Crippen molar-refractivity contribution in [1.82, 2.24) is 4.98 Å². The Bertz CT molecular complexity index is 756. The number of anilines is 1. The first-order valence-corrected chi connectivity index (χ1v) is 8.44. The SMILES string of the molecule is CS(=O)(=O)c1ccc(NC(=O)CCc2ccc(F)cc2)cn1. The van der Waals surface area contributed by atoms with Crippen LogP contribution in [0.25, 0.3) is 0 Å². The van der Waals surface area contributed by atoms with E-state index in [4.69, 9.17) is 0 Å². The summed E-state index contributed by atoms with van der Waals surface area (Å²) in [6.07, 6.45) is 3.09. The van der Waals surface area contributed by atoms with Crippen LogP contribution in [0, 0.1) is 5.82 Å². The highest BCUT2D eigenvalue weighted by molar-refractivity contribution is 7.90. The van der Waals surface area contributed by atoms with E-state index in [0.29, 0.717) is 12.1 Å². The van der Waals surface area contributed by atoms with E-state index in [-0.39, 0.29) is 23.2 Å². The molecule has 0 fully saturated rings. The normalized spacial score (nSPS) is 11.2. The lowest BCUT2D eigenvalue weighted by atomic mass is 10.1. The molecule has 0 bridgehead atoms. The van der Waals surface area contributed by atoms with Gasteiger partial charge in [0, 0.05) is 12.7 Å². The molecule has 22 heavy (non-hydrogen) atoms. The molecule has 5 nitrogen and oxygen atoms in total.